The summed E-state index contributed by atoms with van der Waals surface area (Å²) in [5, 5.41) is 5.76. The molecule has 0 radical (unpaired) electrons. The van der Waals surface area contributed by atoms with Crippen LogP contribution in [0, 0.1) is 0 Å². The van der Waals surface area contributed by atoms with E-state index in [0.717, 1.165) is 17.6 Å². The van der Waals surface area contributed by atoms with E-state index in [-0.39, 0.29) is 18.4 Å². The molecule has 0 aromatic carbocycles. The second-order valence-electron chi connectivity index (χ2n) is 4.18. The van der Waals surface area contributed by atoms with Gasteiger partial charge in [-0.3, -0.25) is 9.59 Å². The van der Waals surface area contributed by atoms with Crippen molar-refractivity contribution in [3.63, 3.8) is 0 Å². The first-order chi connectivity index (χ1) is 9.16. The van der Waals surface area contributed by atoms with Crippen molar-refractivity contribution in [2.75, 3.05) is 32.7 Å². The summed E-state index contributed by atoms with van der Waals surface area (Å²) in [6.07, 6.45) is 1.55. The molecule has 1 aromatic heterocycles. The molecule has 0 aliphatic carbocycles. The van der Waals surface area contributed by atoms with E-state index in [1.54, 1.807) is 23.2 Å². The maximum atomic E-state index is 11.8. The first-order valence-electron chi connectivity index (χ1n) is 6.05. The van der Waals surface area contributed by atoms with Crippen molar-refractivity contribution in [3.05, 3.63) is 28.5 Å². The van der Waals surface area contributed by atoms with E-state index in [1.807, 2.05) is 0 Å². The topological polar surface area (TPSA) is 74.3 Å². The molecule has 2 amide bonds. The second-order valence-corrected chi connectivity index (χ2v) is 5.09. The summed E-state index contributed by atoms with van der Waals surface area (Å²) in [4.78, 5) is 29.3. The number of carbonyl (C=O) groups excluding carboxylic acids is 2. The quantitative estimate of drug-likeness (QED) is 0.820. The molecule has 1 aliphatic heterocycles. The van der Waals surface area contributed by atoms with Gasteiger partial charge in [0, 0.05) is 36.8 Å². The highest BCUT2D eigenvalue weighted by atomic mass is 79.9. The second kappa shape index (κ2) is 6.63. The van der Waals surface area contributed by atoms with Crippen LogP contribution in [-0.2, 0) is 4.79 Å². The highest BCUT2D eigenvalue weighted by Crippen LogP contribution is 2.07. The minimum absolute atomic E-state index is 0.0105. The fourth-order valence-corrected chi connectivity index (χ4v) is 2.02. The number of nitrogens with one attached hydrogen (secondary N) is 2. The van der Waals surface area contributed by atoms with Gasteiger partial charge in [-0.15, -0.1) is 0 Å². The minimum atomic E-state index is -0.337. The van der Waals surface area contributed by atoms with Gasteiger partial charge < -0.3 is 15.5 Å². The molecule has 2 heterocycles. The number of rotatable bonds is 3. The molecular formula is C12H15BrN4O2. The number of hydrogen-bond acceptors (Lipinski definition) is 4. The van der Waals surface area contributed by atoms with Crippen LogP contribution in [0.15, 0.2) is 22.8 Å². The molecule has 1 saturated heterocycles. The van der Waals surface area contributed by atoms with Gasteiger partial charge >= 0.3 is 0 Å². The van der Waals surface area contributed by atoms with E-state index in [4.69, 9.17) is 0 Å². The predicted octanol–water partition coefficient (Wildman–Crippen LogP) is 0.00570. The van der Waals surface area contributed by atoms with Crippen molar-refractivity contribution < 1.29 is 9.59 Å². The van der Waals surface area contributed by atoms with E-state index in [1.165, 1.54) is 0 Å². The summed E-state index contributed by atoms with van der Waals surface area (Å²) in [6, 6.07) is 3.34. The highest BCUT2D eigenvalue weighted by molar-refractivity contribution is 9.10. The number of halogens is 1. The molecule has 0 saturated carbocycles. The van der Waals surface area contributed by atoms with E-state index < -0.39 is 0 Å². The normalized spacial score (nSPS) is 15.1. The van der Waals surface area contributed by atoms with Crippen molar-refractivity contribution in [1.29, 1.82) is 0 Å². The molecular weight excluding hydrogens is 312 g/mol. The van der Waals surface area contributed by atoms with Crippen LogP contribution in [0.4, 0.5) is 0 Å². The van der Waals surface area contributed by atoms with E-state index >= 15 is 0 Å². The molecule has 2 N–H and O–H groups in total. The molecule has 0 unspecified atom stereocenters. The van der Waals surface area contributed by atoms with Gasteiger partial charge in [0.15, 0.2) is 0 Å². The number of hydrogen-bond donors (Lipinski definition) is 2. The Morgan fingerprint density at radius 3 is 2.74 bits per heavy atom. The van der Waals surface area contributed by atoms with Gasteiger partial charge in [0.25, 0.3) is 5.91 Å². The predicted molar refractivity (Wildman–Crippen MR) is 73.7 cm³/mol. The Hall–Kier alpha value is -1.47. The summed E-state index contributed by atoms with van der Waals surface area (Å²) < 4.78 is 0.806. The number of carbonyl (C=O) groups is 2. The molecule has 0 bridgehead atoms. The smallest absolute Gasteiger partial charge is 0.270 e. The number of piperazine rings is 1. The van der Waals surface area contributed by atoms with Gasteiger partial charge in [0.2, 0.25) is 5.91 Å². The first-order valence-corrected chi connectivity index (χ1v) is 6.84. The third-order valence-electron chi connectivity index (χ3n) is 2.83. The molecule has 19 heavy (non-hydrogen) atoms. The average molecular weight is 327 g/mol. The molecule has 1 aromatic rings. The molecule has 1 aliphatic rings. The standard InChI is InChI=1S/C12H15BrN4O2/c13-9-1-2-10(15-7-9)12(19)16-8-11(18)17-5-3-14-4-6-17/h1-2,7,14H,3-6,8H2,(H,16,19). The van der Waals surface area contributed by atoms with Crippen molar-refractivity contribution in [2.24, 2.45) is 0 Å². The van der Waals surface area contributed by atoms with Crippen LogP contribution in [0.2, 0.25) is 0 Å². The third-order valence-corrected chi connectivity index (χ3v) is 3.30. The Morgan fingerprint density at radius 2 is 2.11 bits per heavy atom. The van der Waals surface area contributed by atoms with Gasteiger partial charge in [-0.05, 0) is 28.1 Å². The maximum Gasteiger partial charge on any atom is 0.270 e. The van der Waals surface area contributed by atoms with Crippen LogP contribution in [-0.4, -0.2) is 54.4 Å². The molecule has 102 valence electrons. The van der Waals surface area contributed by atoms with Gasteiger partial charge in [-0.2, -0.15) is 0 Å². The minimum Gasteiger partial charge on any atom is -0.342 e. The van der Waals surface area contributed by atoms with Gasteiger partial charge in [0.1, 0.15) is 5.69 Å². The number of nitrogens with zero attached hydrogens (tertiary/aromatic N) is 2. The molecule has 2 rings (SSSR count). The number of amides is 2. The maximum absolute atomic E-state index is 11.8. The van der Waals surface area contributed by atoms with Gasteiger partial charge in [-0.25, -0.2) is 4.98 Å². The Kier molecular flexibility index (Phi) is 4.86. The van der Waals surface area contributed by atoms with Crippen molar-refractivity contribution in [1.82, 2.24) is 20.5 Å². The van der Waals surface area contributed by atoms with Gasteiger partial charge in [0.05, 0.1) is 6.54 Å². The lowest BCUT2D eigenvalue weighted by molar-refractivity contribution is -0.130. The number of aromatic nitrogens is 1. The average Bonchev–Trinajstić information content (AvgIpc) is 2.46. The largest absolute Gasteiger partial charge is 0.342 e. The molecule has 1 fully saturated rings. The highest BCUT2D eigenvalue weighted by Gasteiger charge is 2.17. The van der Waals surface area contributed by atoms with E-state index in [0.29, 0.717) is 18.8 Å². The summed E-state index contributed by atoms with van der Waals surface area (Å²) in [5.74, 6) is -0.400. The number of pyridine rings is 1. The molecule has 0 spiro atoms. The molecule has 6 nitrogen and oxygen atoms in total. The Morgan fingerprint density at radius 1 is 1.37 bits per heavy atom. The Bertz CT molecular complexity index is 457. The van der Waals surface area contributed by atoms with Crippen molar-refractivity contribution >= 4 is 27.7 Å². The molecule has 7 heteroatoms. The zero-order valence-corrected chi connectivity index (χ0v) is 11.9. The first kappa shape index (κ1) is 14.0. The summed E-state index contributed by atoms with van der Waals surface area (Å²) in [6.45, 7) is 2.98. The molecule has 0 atom stereocenters. The van der Waals surface area contributed by atoms with Crippen LogP contribution in [0.3, 0.4) is 0 Å². The van der Waals surface area contributed by atoms with E-state index in [2.05, 4.69) is 31.5 Å². The SMILES string of the molecule is O=C(NCC(=O)N1CCNCC1)c1ccc(Br)cn1. The van der Waals surface area contributed by atoms with Crippen LogP contribution in [0.25, 0.3) is 0 Å². The van der Waals surface area contributed by atoms with Crippen LogP contribution < -0.4 is 10.6 Å². The van der Waals surface area contributed by atoms with Crippen molar-refractivity contribution in [2.45, 2.75) is 0 Å². The fraction of sp³-hybridized carbons (Fsp3) is 0.417. The lowest BCUT2D eigenvalue weighted by Crippen LogP contribution is -2.49. The summed E-state index contributed by atoms with van der Waals surface area (Å²) in [5.41, 5.74) is 0.302. The van der Waals surface area contributed by atoms with Crippen LogP contribution >= 0.6 is 15.9 Å². The zero-order valence-electron chi connectivity index (χ0n) is 10.4. The Balaban J connectivity index is 1.82. The summed E-state index contributed by atoms with van der Waals surface area (Å²) in [7, 11) is 0. The van der Waals surface area contributed by atoms with Crippen LogP contribution in [0.5, 0.6) is 0 Å². The van der Waals surface area contributed by atoms with Crippen molar-refractivity contribution in [3.8, 4) is 0 Å². The van der Waals surface area contributed by atoms with Crippen LogP contribution in [0.1, 0.15) is 10.5 Å². The monoisotopic (exact) mass is 326 g/mol. The fourth-order valence-electron chi connectivity index (χ4n) is 1.78. The lowest BCUT2D eigenvalue weighted by atomic mass is 10.3. The Labute approximate surface area is 119 Å². The third kappa shape index (κ3) is 4.00. The van der Waals surface area contributed by atoms with Gasteiger partial charge in [-0.1, -0.05) is 0 Å². The lowest BCUT2D eigenvalue weighted by Gasteiger charge is -2.27. The summed E-state index contributed by atoms with van der Waals surface area (Å²) >= 11 is 3.25. The van der Waals surface area contributed by atoms with E-state index in [9.17, 15) is 9.59 Å². The zero-order chi connectivity index (χ0) is 13.7.